The fraction of sp³-hybridized carbons (Fsp3) is 0.154. The predicted molar refractivity (Wildman–Crippen MR) is 178 cm³/mol. The Bertz CT molecular complexity index is 1920. The highest BCUT2D eigenvalue weighted by Gasteiger charge is 2.19. The fourth-order valence-corrected chi connectivity index (χ4v) is 5.57. The van der Waals surface area contributed by atoms with Gasteiger partial charge in [0.15, 0.2) is 0 Å². The summed E-state index contributed by atoms with van der Waals surface area (Å²) in [5.41, 5.74) is 9.20. The number of rotatable bonds is 9. The molecular weight excluding hydrogens is 547 g/mol. The molecule has 0 bridgehead atoms. The molecule has 0 fully saturated rings. The highest BCUT2D eigenvalue weighted by Crippen LogP contribution is 2.37. The molecule has 0 spiro atoms. The summed E-state index contributed by atoms with van der Waals surface area (Å²) < 4.78 is 19.9. The van der Waals surface area contributed by atoms with Crippen LogP contribution in [0.1, 0.15) is 29.8 Å². The third-order valence-electron chi connectivity index (χ3n) is 7.80. The minimum absolute atomic E-state index is 0.0977. The quantitative estimate of drug-likeness (QED) is 0.179. The van der Waals surface area contributed by atoms with Crippen LogP contribution in [-0.4, -0.2) is 19.5 Å². The Morgan fingerprint density at radius 3 is 2.14 bits per heavy atom. The molecule has 4 nitrogen and oxygen atoms in total. The number of hydrogen-bond donors (Lipinski definition) is 2. The lowest BCUT2D eigenvalue weighted by molar-refractivity contribution is 0.0949. The minimum Gasteiger partial charge on any atom is -0.456 e. The lowest BCUT2D eigenvalue weighted by Gasteiger charge is -2.15. The summed E-state index contributed by atoms with van der Waals surface area (Å²) in [7, 11) is 1.89. The second-order valence-corrected chi connectivity index (χ2v) is 11.5. The summed E-state index contributed by atoms with van der Waals surface area (Å²) in [6.45, 7) is 5.35. The summed E-state index contributed by atoms with van der Waals surface area (Å²) in [5, 5.41) is 7.34. The largest absolute Gasteiger partial charge is 0.456 e. The average molecular weight is 583 g/mol. The first kappa shape index (κ1) is 29.1. The standard InChI is InChI=1S/C39H35FN2O2/c1-25(2)23-42-39(43)35-22-29(14-18-33(35)31-11-7-10-28(20-31)26-8-5-4-6-9-26)30-15-19-37-34(21-30)36(24-41-3)38(44-37)27-12-16-32(40)17-13-27/h4-22,25,41H,23-24H2,1-3H3,(H,42,43). The van der Waals surface area contributed by atoms with Crippen molar-refractivity contribution in [1.29, 1.82) is 0 Å². The smallest absolute Gasteiger partial charge is 0.251 e. The van der Waals surface area contributed by atoms with Crippen molar-refractivity contribution in [3.63, 3.8) is 0 Å². The van der Waals surface area contributed by atoms with Gasteiger partial charge in [0.25, 0.3) is 5.91 Å². The Kier molecular flexibility index (Phi) is 8.40. The third-order valence-corrected chi connectivity index (χ3v) is 7.80. The molecule has 1 amide bonds. The lowest BCUT2D eigenvalue weighted by atomic mass is 9.92. The SMILES string of the molecule is CNCc1c(-c2ccc(F)cc2)oc2ccc(-c3ccc(-c4cccc(-c5ccccc5)c4)c(C(=O)NCC(C)C)c3)cc12. The molecule has 5 aromatic carbocycles. The van der Waals surface area contributed by atoms with Gasteiger partial charge in [-0.25, -0.2) is 4.39 Å². The first-order chi connectivity index (χ1) is 21.4. The first-order valence-corrected chi connectivity index (χ1v) is 15.0. The summed E-state index contributed by atoms with van der Waals surface area (Å²) in [4.78, 5) is 13.7. The van der Waals surface area contributed by atoms with E-state index in [1.54, 1.807) is 12.1 Å². The summed E-state index contributed by atoms with van der Waals surface area (Å²) in [5.74, 6) is 0.663. The number of benzene rings is 5. The molecule has 0 saturated carbocycles. The molecule has 0 atom stereocenters. The van der Waals surface area contributed by atoms with Crippen molar-refractivity contribution in [2.75, 3.05) is 13.6 Å². The van der Waals surface area contributed by atoms with Crippen molar-refractivity contribution in [3.05, 3.63) is 132 Å². The molecule has 220 valence electrons. The van der Waals surface area contributed by atoms with E-state index in [0.717, 1.165) is 55.5 Å². The van der Waals surface area contributed by atoms with Gasteiger partial charge in [-0.2, -0.15) is 0 Å². The van der Waals surface area contributed by atoms with Crippen LogP contribution < -0.4 is 10.6 Å². The third kappa shape index (κ3) is 6.05. The molecule has 5 heteroatoms. The van der Waals surface area contributed by atoms with Gasteiger partial charge in [0.1, 0.15) is 17.2 Å². The van der Waals surface area contributed by atoms with Crippen LogP contribution in [0.5, 0.6) is 0 Å². The van der Waals surface area contributed by atoms with Gasteiger partial charge in [0, 0.05) is 35.2 Å². The second-order valence-electron chi connectivity index (χ2n) is 11.5. The van der Waals surface area contributed by atoms with Crippen molar-refractivity contribution in [3.8, 4) is 44.7 Å². The number of furan rings is 1. The van der Waals surface area contributed by atoms with Crippen molar-refractivity contribution in [1.82, 2.24) is 10.6 Å². The van der Waals surface area contributed by atoms with E-state index >= 15 is 0 Å². The number of halogens is 1. The number of nitrogens with one attached hydrogen (secondary N) is 2. The second kappa shape index (κ2) is 12.7. The van der Waals surface area contributed by atoms with Gasteiger partial charge in [-0.3, -0.25) is 4.79 Å². The molecule has 0 unspecified atom stereocenters. The normalized spacial score (nSPS) is 11.3. The minimum atomic E-state index is -0.286. The van der Waals surface area contributed by atoms with Crippen molar-refractivity contribution in [2.45, 2.75) is 20.4 Å². The predicted octanol–water partition coefficient (Wildman–Crippen LogP) is 9.35. The van der Waals surface area contributed by atoms with Crippen molar-refractivity contribution < 1.29 is 13.6 Å². The van der Waals surface area contributed by atoms with Crippen LogP contribution in [0.25, 0.3) is 55.7 Å². The Labute approximate surface area is 257 Å². The van der Waals surface area contributed by atoms with Crippen LogP contribution in [0.4, 0.5) is 4.39 Å². The van der Waals surface area contributed by atoms with Gasteiger partial charge < -0.3 is 15.1 Å². The van der Waals surface area contributed by atoms with E-state index in [-0.39, 0.29) is 11.7 Å². The molecule has 0 saturated heterocycles. The fourth-order valence-electron chi connectivity index (χ4n) is 5.57. The van der Waals surface area contributed by atoms with Crippen LogP contribution in [0.3, 0.4) is 0 Å². The summed E-state index contributed by atoms with van der Waals surface area (Å²) in [6, 6.07) is 37.1. The number of hydrogen-bond acceptors (Lipinski definition) is 3. The topological polar surface area (TPSA) is 54.3 Å². The van der Waals surface area contributed by atoms with Gasteiger partial charge in [-0.05, 0) is 94.9 Å². The molecule has 1 heterocycles. The maximum absolute atomic E-state index is 13.7. The van der Waals surface area contributed by atoms with Crippen LogP contribution in [0.2, 0.25) is 0 Å². The lowest BCUT2D eigenvalue weighted by Crippen LogP contribution is -2.27. The van der Waals surface area contributed by atoms with E-state index in [1.165, 1.54) is 12.1 Å². The molecule has 1 aromatic heterocycles. The first-order valence-electron chi connectivity index (χ1n) is 15.0. The molecule has 0 aliphatic rings. The van der Waals surface area contributed by atoms with Crippen molar-refractivity contribution >= 4 is 16.9 Å². The summed E-state index contributed by atoms with van der Waals surface area (Å²) in [6.07, 6.45) is 0. The number of carbonyl (C=O) groups is 1. The zero-order valence-corrected chi connectivity index (χ0v) is 25.2. The Hall–Kier alpha value is -5.00. The molecule has 44 heavy (non-hydrogen) atoms. The van der Waals surface area contributed by atoms with Gasteiger partial charge in [-0.15, -0.1) is 0 Å². The summed E-state index contributed by atoms with van der Waals surface area (Å²) >= 11 is 0. The molecular formula is C39H35FN2O2. The zero-order chi connectivity index (χ0) is 30.6. The van der Waals surface area contributed by atoms with Crippen LogP contribution >= 0.6 is 0 Å². The number of fused-ring (bicyclic) bond motifs is 1. The van der Waals surface area contributed by atoms with E-state index in [4.69, 9.17) is 4.42 Å². The van der Waals surface area contributed by atoms with Gasteiger partial charge >= 0.3 is 0 Å². The van der Waals surface area contributed by atoms with E-state index in [0.29, 0.717) is 30.3 Å². The molecule has 2 N–H and O–H groups in total. The van der Waals surface area contributed by atoms with Crippen molar-refractivity contribution in [2.24, 2.45) is 5.92 Å². The maximum atomic E-state index is 13.7. The molecule has 6 aromatic rings. The van der Waals surface area contributed by atoms with Crippen LogP contribution in [0, 0.1) is 11.7 Å². The Morgan fingerprint density at radius 1 is 0.727 bits per heavy atom. The average Bonchev–Trinajstić information content (AvgIpc) is 3.41. The Morgan fingerprint density at radius 2 is 1.39 bits per heavy atom. The van der Waals surface area contributed by atoms with E-state index < -0.39 is 0 Å². The number of amides is 1. The van der Waals surface area contributed by atoms with E-state index in [1.807, 2.05) is 55.6 Å². The van der Waals surface area contributed by atoms with Crippen LogP contribution in [0.15, 0.2) is 120 Å². The Balaban J connectivity index is 1.45. The maximum Gasteiger partial charge on any atom is 0.251 e. The molecule has 0 aliphatic carbocycles. The van der Waals surface area contributed by atoms with Crippen LogP contribution in [-0.2, 0) is 6.54 Å². The molecule has 6 rings (SSSR count). The van der Waals surface area contributed by atoms with Gasteiger partial charge in [0.2, 0.25) is 0 Å². The highest BCUT2D eigenvalue weighted by molar-refractivity contribution is 6.03. The van der Waals surface area contributed by atoms with E-state index in [9.17, 15) is 9.18 Å². The monoisotopic (exact) mass is 582 g/mol. The number of carbonyl (C=O) groups excluding carboxylic acids is 1. The van der Waals surface area contributed by atoms with Gasteiger partial charge in [-0.1, -0.05) is 80.6 Å². The van der Waals surface area contributed by atoms with Gasteiger partial charge in [0.05, 0.1) is 0 Å². The van der Waals surface area contributed by atoms with E-state index in [2.05, 4.69) is 66.9 Å². The molecule has 0 radical (unpaired) electrons. The highest BCUT2D eigenvalue weighted by atomic mass is 19.1. The zero-order valence-electron chi connectivity index (χ0n) is 25.2. The molecule has 0 aliphatic heterocycles.